The normalized spacial score (nSPS) is 15.0. The molecule has 130 valence electrons. The second kappa shape index (κ2) is 10.9. The lowest BCUT2D eigenvalue weighted by Gasteiger charge is -2.20. The van der Waals surface area contributed by atoms with Crippen LogP contribution in [0.2, 0.25) is 0 Å². The molecule has 0 radical (unpaired) electrons. The molecule has 6 heteroatoms. The van der Waals surface area contributed by atoms with Crippen molar-refractivity contribution < 1.29 is 28.6 Å². The maximum atomic E-state index is 11.9. The van der Waals surface area contributed by atoms with Crippen molar-refractivity contribution >= 4 is 17.7 Å². The fourth-order valence-corrected chi connectivity index (χ4v) is 2.44. The molecule has 1 rings (SSSR count). The van der Waals surface area contributed by atoms with E-state index in [1.807, 2.05) is 6.92 Å². The van der Waals surface area contributed by atoms with Crippen LogP contribution in [0.15, 0.2) is 12.2 Å². The Bertz CT molecular complexity index is 423. The third-order valence-corrected chi connectivity index (χ3v) is 3.75. The highest BCUT2D eigenvalue weighted by Gasteiger charge is 2.23. The van der Waals surface area contributed by atoms with Crippen molar-refractivity contribution in [2.45, 2.75) is 45.4 Å². The lowest BCUT2D eigenvalue weighted by Crippen LogP contribution is -2.24. The van der Waals surface area contributed by atoms with Gasteiger partial charge in [-0.1, -0.05) is 25.8 Å². The number of hydrogen-bond acceptors (Lipinski definition) is 6. The molecular weight excluding hydrogens is 300 g/mol. The Hall–Kier alpha value is -1.69. The fourth-order valence-electron chi connectivity index (χ4n) is 2.44. The molecule has 1 fully saturated rings. The molecule has 0 bridgehead atoms. The molecule has 0 aromatic rings. The first-order valence-corrected chi connectivity index (χ1v) is 8.15. The summed E-state index contributed by atoms with van der Waals surface area (Å²) in [7, 11) is 0. The summed E-state index contributed by atoms with van der Waals surface area (Å²) in [5.41, 5.74) is -0.0112. The molecule has 0 aromatic carbocycles. The molecule has 0 unspecified atom stereocenters. The van der Waals surface area contributed by atoms with Gasteiger partial charge in [0.1, 0.15) is 6.61 Å². The number of Topliss-reactive ketones (excluding diaryl/α,β-unsaturated/α-hetero) is 1. The standard InChI is InChI=1S/C17H26O6/c1-3-21-9-10-22-16(19)11-13(2)17(20)23-12-15(18)14-7-5-4-6-8-14/h14H,2-12H2,1H3. The van der Waals surface area contributed by atoms with Crippen molar-refractivity contribution in [1.29, 1.82) is 0 Å². The Balaban J connectivity index is 2.21. The Morgan fingerprint density at radius 2 is 1.74 bits per heavy atom. The number of esters is 2. The molecular formula is C17H26O6. The first kappa shape index (κ1) is 19.4. The smallest absolute Gasteiger partial charge is 0.334 e. The van der Waals surface area contributed by atoms with Crippen molar-refractivity contribution in [1.82, 2.24) is 0 Å². The van der Waals surface area contributed by atoms with Gasteiger partial charge in [-0.3, -0.25) is 9.59 Å². The van der Waals surface area contributed by atoms with Gasteiger partial charge in [-0.05, 0) is 19.8 Å². The molecule has 0 heterocycles. The van der Waals surface area contributed by atoms with Crippen LogP contribution in [0.3, 0.4) is 0 Å². The summed E-state index contributed by atoms with van der Waals surface area (Å²) in [6, 6.07) is 0. The summed E-state index contributed by atoms with van der Waals surface area (Å²) in [6.07, 6.45) is 4.73. The van der Waals surface area contributed by atoms with E-state index in [0.29, 0.717) is 13.2 Å². The SMILES string of the molecule is C=C(CC(=O)OCCOCC)C(=O)OCC(=O)C1CCCCC1. The van der Waals surface area contributed by atoms with Gasteiger partial charge in [0.2, 0.25) is 0 Å². The largest absolute Gasteiger partial charge is 0.463 e. The molecule has 0 spiro atoms. The van der Waals surface area contributed by atoms with Crippen LogP contribution in [0.25, 0.3) is 0 Å². The summed E-state index contributed by atoms with van der Waals surface area (Å²) in [5.74, 6) is -1.35. The minimum Gasteiger partial charge on any atom is -0.463 e. The third kappa shape index (κ3) is 7.93. The van der Waals surface area contributed by atoms with Crippen molar-refractivity contribution in [3.8, 4) is 0 Å². The molecule has 0 aromatic heterocycles. The van der Waals surface area contributed by atoms with Crippen LogP contribution in [-0.4, -0.2) is 44.1 Å². The van der Waals surface area contributed by atoms with E-state index in [4.69, 9.17) is 14.2 Å². The monoisotopic (exact) mass is 326 g/mol. The first-order chi connectivity index (χ1) is 11.0. The van der Waals surface area contributed by atoms with E-state index in [0.717, 1.165) is 32.1 Å². The van der Waals surface area contributed by atoms with Gasteiger partial charge in [-0.2, -0.15) is 0 Å². The maximum absolute atomic E-state index is 11.9. The quantitative estimate of drug-likeness (QED) is 0.348. The summed E-state index contributed by atoms with van der Waals surface area (Å²) >= 11 is 0. The van der Waals surface area contributed by atoms with Gasteiger partial charge in [0.25, 0.3) is 0 Å². The number of rotatable bonds is 10. The van der Waals surface area contributed by atoms with Gasteiger partial charge in [0.15, 0.2) is 12.4 Å². The summed E-state index contributed by atoms with van der Waals surface area (Å²) in [5, 5.41) is 0. The second-order valence-corrected chi connectivity index (χ2v) is 5.58. The minimum atomic E-state index is -0.726. The predicted molar refractivity (Wildman–Crippen MR) is 83.8 cm³/mol. The zero-order valence-corrected chi connectivity index (χ0v) is 13.8. The highest BCUT2D eigenvalue weighted by atomic mass is 16.6. The van der Waals surface area contributed by atoms with Crippen molar-refractivity contribution in [3.63, 3.8) is 0 Å². The number of ketones is 1. The second-order valence-electron chi connectivity index (χ2n) is 5.58. The first-order valence-electron chi connectivity index (χ1n) is 8.15. The average molecular weight is 326 g/mol. The predicted octanol–water partition coefficient (Wildman–Crippen LogP) is 2.21. The Morgan fingerprint density at radius 1 is 1.04 bits per heavy atom. The van der Waals surface area contributed by atoms with Crippen LogP contribution >= 0.6 is 0 Å². The molecule has 0 atom stereocenters. The van der Waals surface area contributed by atoms with Gasteiger partial charge in [0, 0.05) is 18.1 Å². The number of carbonyl (C=O) groups excluding carboxylic acids is 3. The van der Waals surface area contributed by atoms with E-state index >= 15 is 0 Å². The molecule has 0 amide bonds. The van der Waals surface area contributed by atoms with Crippen LogP contribution in [-0.2, 0) is 28.6 Å². The molecule has 0 saturated heterocycles. The molecule has 1 aliphatic rings. The van der Waals surface area contributed by atoms with Crippen molar-refractivity contribution in [2.75, 3.05) is 26.4 Å². The lowest BCUT2D eigenvalue weighted by atomic mass is 9.86. The van der Waals surface area contributed by atoms with E-state index in [2.05, 4.69) is 6.58 Å². The number of hydrogen-bond donors (Lipinski definition) is 0. The molecule has 0 N–H and O–H groups in total. The highest BCUT2D eigenvalue weighted by Crippen LogP contribution is 2.24. The van der Waals surface area contributed by atoms with Crippen LogP contribution in [0, 0.1) is 5.92 Å². The lowest BCUT2D eigenvalue weighted by molar-refractivity contribution is -0.149. The molecule has 0 aliphatic heterocycles. The molecule has 1 aliphatic carbocycles. The van der Waals surface area contributed by atoms with Crippen LogP contribution in [0.4, 0.5) is 0 Å². The zero-order chi connectivity index (χ0) is 17.1. The molecule has 23 heavy (non-hydrogen) atoms. The summed E-state index contributed by atoms with van der Waals surface area (Å²) in [6.45, 7) is 6.10. The summed E-state index contributed by atoms with van der Waals surface area (Å²) in [4.78, 5) is 35.2. The number of carbonyl (C=O) groups is 3. The van der Waals surface area contributed by atoms with E-state index in [1.165, 1.54) is 0 Å². The van der Waals surface area contributed by atoms with Crippen LogP contribution in [0.1, 0.15) is 45.4 Å². The van der Waals surface area contributed by atoms with E-state index < -0.39 is 11.9 Å². The molecule has 1 saturated carbocycles. The van der Waals surface area contributed by atoms with Crippen molar-refractivity contribution in [2.24, 2.45) is 5.92 Å². The van der Waals surface area contributed by atoms with E-state index in [-0.39, 0.29) is 36.9 Å². The topological polar surface area (TPSA) is 78.9 Å². The van der Waals surface area contributed by atoms with Gasteiger partial charge < -0.3 is 14.2 Å². The van der Waals surface area contributed by atoms with Gasteiger partial charge in [-0.15, -0.1) is 0 Å². The molecule has 6 nitrogen and oxygen atoms in total. The van der Waals surface area contributed by atoms with Crippen molar-refractivity contribution in [3.05, 3.63) is 12.2 Å². The van der Waals surface area contributed by atoms with E-state index in [9.17, 15) is 14.4 Å². The van der Waals surface area contributed by atoms with Crippen LogP contribution in [0.5, 0.6) is 0 Å². The van der Waals surface area contributed by atoms with E-state index in [1.54, 1.807) is 0 Å². The third-order valence-electron chi connectivity index (χ3n) is 3.75. The Morgan fingerprint density at radius 3 is 2.39 bits per heavy atom. The fraction of sp³-hybridized carbons (Fsp3) is 0.706. The Labute approximate surface area is 137 Å². The minimum absolute atomic E-state index is 0.00616. The van der Waals surface area contributed by atoms with Crippen LogP contribution < -0.4 is 0 Å². The summed E-state index contributed by atoms with van der Waals surface area (Å²) < 4.78 is 14.9. The van der Waals surface area contributed by atoms with Gasteiger partial charge >= 0.3 is 11.9 Å². The van der Waals surface area contributed by atoms with Gasteiger partial charge in [-0.25, -0.2) is 4.79 Å². The number of ether oxygens (including phenoxy) is 3. The Kier molecular flexibility index (Phi) is 9.21. The average Bonchev–Trinajstić information content (AvgIpc) is 2.57. The zero-order valence-electron chi connectivity index (χ0n) is 13.8. The van der Waals surface area contributed by atoms with Gasteiger partial charge in [0.05, 0.1) is 13.0 Å². The highest BCUT2D eigenvalue weighted by molar-refractivity contribution is 5.94. The maximum Gasteiger partial charge on any atom is 0.334 e.